The molecular formula is C36H40Cl3FN2O5. The Morgan fingerprint density at radius 3 is 2.28 bits per heavy atom. The maximum Gasteiger partial charge on any atom is 0.320 e. The summed E-state index contributed by atoms with van der Waals surface area (Å²) in [6, 6.07) is 15.8. The van der Waals surface area contributed by atoms with Crippen molar-refractivity contribution in [2.24, 2.45) is 0 Å². The first kappa shape index (κ1) is 36.7. The molecule has 0 atom stereocenters. The fourth-order valence-corrected chi connectivity index (χ4v) is 5.91. The molecule has 0 unspecified atom stereocenters. The summed E-state index contributed by atoms with van der Waals surface area (Å²) in [4.78, 5) is 25.2. The molecule has 1 aliphatic rings. The van der Waals surface area contributed by atoms with E-state index in [9.17, 15) is 14.0 Å². The zero-order chi connectivity index (χ0) is 34.1. The molecule has 4 aromatic rings. The van der Waals surface area contributed by atoms with Crippen LogP contribution in [-0.2, 0) is 14.3 Å². The van der Waals surface area contributed by atoms with Crippen LogP contribution in [0.4, 0.5) is 4.39 Å². The smallest absolute Gasteiger partial charge is 0.320 e. The number of benzene rings is 3. The van der Waals surface area contributed by atoms with E-state index in [0.717, 1.165) is 25.7 Å². The standard InChI is InChI=1S/C31H28Cl3FN2O4.C5H12O/c32-25-7-3-8-26(33)31(25)37-28-17-21(40-14-4-13-36-18-30(39)41-20-5-1-2-6-20)16-24(23(28)11-12-29(37)38)22-10-9-19(35)15-27(22)34;1-5(2,3)6-4/h3,7-12,15-17,20,36H,1-2,4-6,13-14,18H2;1-4H3. The zero-order valence-electron chi connectivity index (χ0n) is 27.0. The van der Waals surface area contributed by atoms with Gasteiger partial charge in [0.05, 0.1) is 45.0 Å². The number of nitrogens with zero attached hydrogens (tertiary/aromatic N) is 1. The number of rotatable bonds is 10. The van der Waals surface area contributed by atoms with E-state index in [-0.39, 0.29) is 34.8 Å². The number of aromatic nitrogens is 1. The molecule has 0 spiro atoms. The molecule has 1 fully saturated rings. The SMILES string of the molecule is COC(C)(C)C.O=C(CNCCCOc1cc(-c2ccc(F)cc2Cl)c2ccc(=O)n(-c3c(Cl)cccc3Cl)c2c1)OC1CCCC1. The summed E-state index contributed by atoms with van der Waals surface area (Å²) in [5.74, 6) is -0.240. The summed E-state index contributed by atoms with van der Waals surface area (Å²) in [5.41, 5.74) is 1.75. The van der Waals surface area contributed by atoms with Crippen molar-refractivity contribution in [2.75, 3.05) is 26.8 Å². The van der Waals surface area contributed by atoms with Gasteiger partial charge in [0, 0.05) is 30.2 Å². The summed E-state index contributed by atoms with van der Waals surface area (Å²) in [6.07, 6.45) is 4.74. The first-order valence-corrected chi connectivity index (χ1v) is 16.7. The van der Waals surface area contributed by atoms with Crippen LogP contribution in [0.5, 0.6) is 5.75 Å². The van der Waals surface area contributed by atoms with E-state index in [1.54, 1.807) is 49.6 Å². The van der Waals surface area contributed by atoms with E-state index in [2.05, 4.69) is 5.32 Å². The Bertz CT molecular complexity index is 1730. The van der Waals surface area contributed by atoms with Crippen LogP contribution in [0, 0.1) is 5.82 Å². The van der Waals surface area contributed by atoms with Crippen LogP contribution in [0.25, 0.3) is 27.7 Å². The third kappa shape index (κ3) is 10.2. The fourth-order valence-electron chi connectivity index (χ4n) is 5.08. The number of ether oxygens (including phenoxy) is 3. The van der Waals surface area contributed by atoms with Crippen molar-refractivity contribution in [1.29, 1.82) is 0 Å². The third-order valence-corrected chi connectivity index (χ3v) is 8.54. The minimum atomic E-state index is -0.463. The van der Waals surface area contributed by atoms with E-state index in [0.29, 0.717) is 63.1 Å². The maximum absolute atomic E-state index is 13.9. The predicted octanol–water partition coefficient (Wildman–Crippen LogP) is 9.03. The zero-order valence-corrected chi connectivity index (χ0v) is 29.3. The molecular weight excluding hydrogens is 666 g/mol. The molecule has 252 valence electrons. The van der Waals surface area contributed by atoms with Crippen LogP contribution in [0.3, 0.4) is 0 Å². The third-order valence-electron chi connectivity index (χ3n) is 7.62. The van der Waals surface area contributed by atoms with Gasteiger partial charge in [-0.05, 0) is 107 Å². The van der Waals surface area contributed by atoms with Gasteiger partial charge in [-0.2, -0.15) is 0 Å². The van der Waals surface area contributed by atoms with Gasteiger partial charge in [0.1, 0.15) is 17.7 Å². The van der Waals surface area contributed by atoms with Crippen molar-refractivity contribution in [1.82, 2.24) is 9.88 Å². The molecule has 0 radical (unpaired) electrons. The van der Waals surface area contributed by atoms with E-state index < -0.39 is 5.82 Å². The van der Waals surface area contributed by atoms with E-state index >= 15 is 0 Å². The molecule has 1 aromatic heterocycles. The molecule has 1 aliphatic carbocycles. The van der Waals surface area contributed by atoms with E-state index in [1.807, 2.05) is 20.8 Å². The minimum absolute atomic E-state index is 0.0417. The van der Waals surface area contributed by atoms with E-state index in [4.69, 9.17) is 49.0 Å². The van der Waals surface area contributed by atoms with Crippen molar-refractivity contribution < 1.29 is 23.4 Å². The number of nitrogens with one attached hydrogen (secondary N) is 1. The Kier molecular flexibility index (Phi) is 13.1. The Morgan fingerprint density at radius 1 is 0.957 bits per heavy atom. The monoisotopic (exact) mass is 704 g/mol. The van der Waals surface area contributed by atoms with Crippen molar-refractivity contribution in [2.45, 2.75) is 64.6 Å². The Morgan fingerprint density at radius 2 is 1.64 bits per heavy atom. The van der Waals surface area contributed by atoms with Gasteiger partial charge in [-0.3, -0.25) is 14.2 Å². The quantitative estimate of drug-likeness (QED) is 0.131. The number of methoxy groups -OCH3 is 1. The average molecular weight is 706 g/mol. The Hall–Kier alpha value is -3.14. The number of hydrogen-bond donors (Lipinski definition) is 1. The van der Waals surface area contributed by atoms with Crippen LogP contribution in [0.15, 0.2) is 65.5 Å². The second-order valence-corrected chi connectivity index (χ2v) is 13.4. The number of para-hydroxylation sites is 1. The highest BCUT2D eigenvalue weighted by Crippen LogP contribution is 2.38. The van der Waals surface area contributed by atoms with Gasteiger partial charge in [0.2, 0.25) is 0 Å². The lowest BCUT2D eigenvalue weighted by Crippen LogP contribution is -2.28. The van der Waals surface area contributed by atoms with E-state index in [1.165, 1.54) is 22.8 Å². The number of pyridine rings is 1. The molecule has 0 amide bonds. The second kappa shape index (κ2) is 16.8. The van der Waals surface area contributed by atoms with Crippen molar-refractivity contribution >= 4 is 51.7 Å². The highest BCUT2D eigenvalue weighted by atomic mass is 35.5. The lowest BCUT2D eigenvalue weighted by Gasteiger charge is -2.18. The molecule has 1 N–H and O–H groups in total. The Labute approximate surface area is 289 Å². The summed E-state index contributed by atoms with van der Waals surface area (Å²) in [7, 11) is 1.71. The van der Waals surface area contributed by atoms with Crippen molar-refractivity contribution in [3.05, 3.63) is 91.9 Å². The van der Waals surface area contributed by atoms with Gasteiger partial charge in [-0.25, -0.2) is 4.39 Å². The van der Waals surface area contributed by atoms with Gasteiger partial charge in [0.15, 0.2) is 0 Å². The normalized spacial score (nSPS) is 13.4. The van der Waals surface area contributed by atoms with Crippen LogP contribution in [0.2, 0.25) is 15.1 Å². The van der Waals surface area contributed by atoms with Gasteiger partial charge >= 0.3 is 5.97 Å². The van der Waals surface area contributed by atoms with Gasteiger partial charge in [-0.1, -0.05) is 40.9 Å². The molecule has 1 saturated carbocycles. The molecule has 47 heavy (non-hydrogen) atoms. The summed E-state index contributed by atoms with van der Waals surface area (Å²) < 4.78 is 31.8. The largest absolute Gasteiger partial charge is 0.493 e. The average Bonchev–Trinajstić information content (AvgIpc) is 3.52. The number of halogens is 4. The first-order chi connectivity index (χ1) is 22.4. The number of hydrogen-bond acceptors (Lipinski definition) is 6. The molecule has 0 aliphatic heterocycles. The molecule has 0 saturated heterocycles. The van der Waals surface area contributed by atoms with Crippen LogP contribution in [-0.4, -0.2) is 49.0 Å². The molecule has 7 nitrogen and oxygen atoms in total. The molecule has 11 heteroatoms. The number of esters is 1. The lowest BCUT2D eigenvalue weighted by molar-refractivity contribution is -0.147. The number of fused-ring (bicyclic) bond motifs is 1. The molecule has 0 bridgehead atoms. The van der Waals surface area contributed by atoms with Crippen LogP contribution < -0.4 is 15.6 Å². The van der Waals surface area contributed by atoms with Crippen molar-refractivity contribution in [3.8, 4) is 22.6 Å². The summed E-state index contributed by atoms with van der Waals surface area (Å²) in [6.45, 7) is 7.08. The summed E-state index contributed by atoms with van der Waals surface area (Å²) >= 11 is 19.5. The topological polar surface area (TPSA) is 78.8 Å². The summed E-state index contributed by atoms with van der Waals surface area (Å²) in [5, 5.41) is 4.58. The molecule has 1 heterocycles. The Balaban J connectivity index is 0.000000762. The number of carbonyl (C=O) groups is 1. The van der Waals surface area contributed by atoms with Crippen LogP contribution >= 0.6 is 34.8 Å². The van der Waals surface area contributed by atoms with Crippen molar-refractivity contribution in [3.63, 3.8) is 0 Å². The molecule has 3 aromatic carbocycles. The number of carbonyl (C=O) groups excluding carboxylic acids is 1. The van der Waals surface area contributed by atoms with Gasteiger partial charge in [-0.15, -0.1) is 0 Å². The highest BCUT2D eigenvalue weighted by Gasteiger charge is 2.20. The fraction of sp³-hybridized carbons (Fsp3) is 0.389. The minimum Gasteiger partial charge on any atom is -0.493 e. The lowest BCUT2D eigenvalue weighted by atomic mass is 9.99. The predicted molar refractivity (Wildman–Crippen MR) is 188 cm³/mol. The maximum atomic E-state index is 13.9. The van der Waals surface area contributed by atoms with Gasteiger partial charge < -0.3 is 19.5 Å². The second-order valence-electron chi connectivity index (χ2n) is 12.2. The van der Waals surface area contributed by atoms with Gasteiger partial charge in [0.25, 0.3) is 5.56 Å². The highest BCUT2D eigenvalue weighted by molar-refractivity contribution is 6.38. The first-order valence-electron chi connectivity index (χ1n) is 15.6. The molecule has 5 rings (SSSR count). The van der Waals surface area contributed by atoms with Crippen LogP contribution in [0.1, 0.15) is 52.9 Å².